The Labute approximate surface area is 122 Å². The summed E-state index contributed by atoms with van der Waals surface area (Å²) in [4.78, 5) is 0. The van der Waals surface area contributed by atoms with E-state index in [2.05, 4.69) is 55.7 Å². The van der Waals surface area contributed by atoms with Crippen molar-refractivity contribution in [3.8, 4) is 0 Å². The summed E-state index contributed by atoms with van der Waals surface area (Å²) in [5.41, 5.74) is 3.00. The van der Waals surface area contributed by atoms with E-state index in [0.717, 1.165) is 26.0 Å². The van der Waals surface area contributed by atoms with Gasteiger partial charge in [-0.3, -0.25) is 0 Å². The van der Waals surface area contributed by atoms with Crippen LogP contribution < -0.4 is 10.6 Å². The highest BCUT2D eigenvalue weighted by atomic mass is 16.5. The van der Waals surface area contributed by atoms with Gasteiger partial charge in [-0.2, -0.15) is 0 Å². The van der Waals surface area contributed by atoms with Gasteiger partial charge in [0, 0.05) is 36.3 Å². The number of para-hydroxylation sites is 1. The first-order valence-electron chi connectivity index (χ1n) is 7.80. The van der Waals surface area contributed by atoms with Crippen LogP contribution in [0.1, 0.15) is 32.8 Å². The fraction of sp³-hybridized carbons (Fsp3) is 0.647. The fourth-order valence-corrected chi connectivity index (χ4v) is 3.50. The summed E-state index contributed by atoms with van der Waals surface area (Å²) in [6, 6.07) is 9.72. The molecular formula is C17H26N2O. The van der Waals surface area contributed by atoms with Crippen molar-refractivity contribution in [1.29, 1.82) is 0 Å². The molecule has 1 saturated carbocycles. The van der Waals surface area contributed by atoms with E-state index in [0.29, 0.717) is 18.2 Å². The highest BCUT2D eigenvalue weighted by molar-refractivity contribution is 5.56. The number of benzene rings is 1. The molecule has 20 heavy (non-hydrogen) atoms. The summed E-state index contributed by atoms with van der Waals surface area (Å²) in [5.74, 6) is 0. The van der Waals surface area contributed by atoms with Crippen molar-refractivity contribution in [2.45, 2.75) is 51.8 Å². The van der Waals surface area contributed by atoms with E-state index >= 15 is 0 Å². The predicted molar refractivity (Wildman–Crippen MR) is 83.2 cm³/mol. The maximum absolute atomic E-state index is 5.79. The zero-order valence-corrected chi connectivity index (χ0v) is 12.8. The van der Waals surface area contributed by atoms with Crippen molar-refractivity contribution in [1.82, 2.24) is 5.32 Å². The van der Waals surface area contributed by atoms with Gasteiger partial charge in [-0.15, -0.1) is 0 Å². The Morgan fingerprint density at radius 2 is 2.15 bits per heavy atom. The van der Waals surface area contributed by atoms with Crippen LogP contribution in [0.3, 0.4) is 0 Å². The average molecular weight is 274 g/mol. The maximum atomic E-state index is 5.79. The van der Waals surface area contributed by atoms with Gasteiger partial charge in [0.1, 0.15) is 0 Å². The lowest BCUT2D eigenvalue weighted by atomic mass is 9.64. The summed E-state index contributed by atoms with van der Waals surface area (Å²) in [6.07, 6.45) is 2.69. The number of nitrogens with one attached hydrogen (secondary N) is 2. The summed E-state index contributed by atoms with van der Waals surface area (Å²) in [6.45, 7) is 8.55. The Morgan fingerprint density at radius 1 is 1.35 bits per heavy atom. The molecule has 3 unspecified atom stereocenters. The normalized spacial score (nSPS) is 30.4. The number of anilines is 1. The molecule has 110 valence electrons. The van der Waals surface area contributed by atoms with Gasteiger partial charge in [-0.05, 0) is 31.4 Å². The van der Waals surface area contributed by atoms with Gasteiger partial charge in [-0.1, -0.05) is 32.0 Å². The van der Waals surface area contributed by atoms with E-state index in [-0.39, 0.29) is 5.41 Å². The smallest absolute Gasteiger partial charge is 0.0655 e. The van der Waals surface area contributed by atoms with Crippen molar-refractivity contribution < 1.29 is 4.74 Å². The molecule has 2 N–H and O–H groups in total. The Balaban J connectivity index is 1.48. The fourth-order valence-electron chi connectivity index (χ4n) is 3.50. The molecule has 1 heterocycles. The molecule has 3 nitrogen and oxygen atoms in total. The van der Waals surface area contributed by atoms with Crippen molar-refractivity contribution in [3.05, 3.63) is 29.8 Å². The molecule has 1 fully saturated rings. The molecule has 0 spiro atoms. The topological polar surface area (TPSA) is 33.3 Å². The van der Waals surface area contributed by atoms with Crippen molar-refractivity contribution in [2.24, 2.45) is 5.41 Å². The number of fused-ring (bicyclic) bond motifs is 1. The standard InChI is InChI=1S/C17H26N2O/c1-4-20-16-10-15(17(16,2)3)18-11-13-9-12-7-5-6-8-14(12)19-13/h5-8,13,15-16,18-19H,4,9-11H2,1-3H3. The van der Waals surface area contributed by atoms with Gasteiger partial charge >= 0.3 is 0 Å². The maximum Gasteiger partial charge on any atom is 0.0655 e. The van der Waals surface area contributed by atoms with Crippen LogP contribution >= 0.6 is 0 Å². The Morgan fingerprint density at radius 3 is 2.85 bits per heavy atom. The largest absolute Gasteiger partial charge is 0.380 e. The summed E-state index contributed by atoms with van der Waals surface area (Å²) >= 11 is 0. The van der Waals surface area contributed by atoms with Gasteiger partial charge in [0.15, 0.2) is 0 Å². The second-order valence-corrected chi connectivity index (χ2v) is 6.66. The molecule has 0 saturated heterocycles. The third-order valence-electron chi connectivity index (χ3n) is 5.00. The first-order valence-corrected chi connectivity index (χ1v) is 7.80. The molecule has 1 aromatic rings. The van der Waals surface area contributed by atoms with E-state index in [9.17, 15) is 0 Å². The van der Waals surface area contributed by atoms with E-state index in [1.807, 2.05) is 0 Å². The molecule has 2 aliphatic rings. The molecule has 3 rings (SSSR count). The summed E-state index contributed by atoms with van der Waals surface area (Å²) in [5, 5.41) is 7.34. The van der Waals surface area contributed by atoms with Crippen LogP contribution in [-0.2, 0) is 11.2 Å². The predicted octanol–water partition coefficient (Wildman–Crippen LogP) is 2.82. The lowest BCUT2D eigenvalue weighted by molar-refractivity contribution is -0.114. The summed E-state index contributed by atoms with van der Waals surface area (Å²) < 4.78 is 5.79. The molecular weight excluding hydrogens is 248 g/mol. The first-order chi connectivity index (χ1) is 9.61. The Kier molecular flexibility index (Phi) is 3.74. The lowest BCUT2D eigenvalue weighted by Gasteiger charge is -2.52. The molecule has 0 bridgehead atoms. The Hall–Kier alpha value is -1.06. The quantitative estimate of drug-likeness (QED) is 0.866. The molecule has 1 aliphatic carbocycles. The molecule has 0 aromatic heterocycles. The van der Waals surface area contributed by atoms with Gasteiger partial charge < -0.3 is 15.4 Å². The van der Waals surface area contributed by atoms with Crippen LogP contribution in [0.2, 0.25) is 0 Å². The van der Waals surface area contributed by atoms with Gasteiger partial charge in [-0.25, -0.2) is 0 Å². The van der Waals surface area contributed by atoms with Crippen LogP contribution in [0, 0.1) is 5.41 Å². The van der Waals surface area contributed by atoms with Crippen LogP contribution in [0.5, 0.6) is 0 Å². The third kappa shape index (κ3) is 2.45. The number of hydrogen-bond acceptors (Lipinski definition) is 3. The molecule has 1 aliphatic heterocycles. The SMILES string of the molecule is CCOC1CC(NCC2Cc3ccccc3N2)C1(C)C. The van der Waals surface area contributed by atoms with Crippen molar-refractivity contribution >= 4 is 5.69 Å². The summed E-state index contributed by atoms with van der Waals surface area (Å²) in [7, 11) is 0. The second kappa shape index (κ2) is 5.38. The lowest BCUT2D eigenvalue weighted by Crippen LogP contribution is -2.62. The van der Waals surface area contributed by atoms with E-state index in [1.165, 1.54) is 11.3 Å². The number of hydrogen-bond donors (Lipinski definition) is 2. The number of ether oxygens (including phenoxy) is 1. The highest BCUT2D eigenvalue weighted by Crippen LogP contribution is 2.42. The molecule has 0 amide bonds. The van der Waals surface area contributed by atoms with E-state index < -0.39 is 0 Å². The minimum absolute atomic E-state index is 0.251. The monoisotopic (exact) mass is 274 g/mol. The molecule has 0 radical (unpaired) electrons. The zero-order chi connectivity index (χ0) is 14.2. The third-order valence-corrected chi connectivity index (χ3v) is 5.00. The first kappa shape index (κ1) is 13.9. The zero-order valence-electron chi connectivity index (χ0n) is 12.8. The van der Waals surface area contributed by atoms with Crippen LogP contribution in [0.4, 0.5) is 5.69 Å². The van der Waals surface area contributed by atoms with Gasteiger partial charge in [0.2, 0.25) is 0 Å². The van der Waals surface area contributed by atoms with Crippen LogP contribution in [0.25, 0.3) is 0 Å². The van der Waals surface area contributed by atoms with E-state index in [4.69, 9.17) is 4.74 Å². The van der Waals surface area contributed by atoms with E-state index in [1.54, 1.807) is 0 Å². The molecule has 3 atom stereocenters. The van der Waals surface area contributed by atoms with Crippen molar-refractivity contribution in [3.63, 3.8) is 0 Å². The van der Waals surface area contributed by atoms with Crippen LogP contribution in [0.15, 0.2) is 24.3 Å². The average Bonchev–Trinajstić information content (AvgIpc) is 2.84. The van der Waals surface area contributed by atoms with Gasteiger partial charge in [0.05, 0.1) is 6.10 Å². The van der Waals surface area contributed by atoms with Gasteiger partial charge in [0.25, 0.3) is 0 Å². The highest BCUT2D eigenvalue weighted by Gasteiger charge is 2.48. The second-order valence-electron chi connectivity index (χ2n) is 6.66. The Bertz CT molecular complexity index is 447. The molecule has 1 aromatic carbocycles. The van der Waals surface area contributed by atoms with Crippen LogP contribution in [-0.4, -0.2) is 31.3 Å². The number of rotatable bonds is 5. The minimum Gasteiger partial charge on any atom is -0.380 e. The minimum atomic E-state index is 0.251. The molecule has 3 heteroatoms. The van der Waals surface area contributed by atoms with Crippen molar-refractivity contribution in [2.75, 3.05) is 18.5 Å².